The molecular formula is C13H11N3O4S3. The van der Waals surface area contributed by atoms with Gasteiger partial charge >= 0.3 is 5.97 Å². The molecule has 0 aliphatic heterocycles. The third-order valence-electron chi connectivity index (χ3n) is 3.06. The molecule has 2 N–H and O–H groups in total. The van der Waals surface area contributed by atoms with Gasteiger partial charge < -0.3 is 9.67 Å². The van der Waals surface area contributed by atoms with Gasteiger partial charge in [-0.05, 0) is 18.2 Å². The Balaban J connectivity index is 1.96. The monoisotopic (exact) mass is 369 g/mol. The summed E-state index contributed by atoms with van der Waals surface area (Å²) in [5.74, 6) is -1.17. The molecule has 0 atom stereocenters. The number of hydrogen-bond acceptors (Lipinski definition) is 6. The molecule has 0 radical (unpaired) electrons. The number of benzene rings is 1. The molecule has 0 unspecified atom stereocenters. The molecule has 120 valence electrons. The van der Waals surface area contributed by atoms with Crippen LogP contribution in [0.2, 0.25) is 0 Å². The zero-order valence-electron chi connectivity index (χ0n) is 11.8. The van der Waals surface area contributed by atoms with Crippen molar-refractivity contribution in [1.29, 1.82) is 0 Å². The van der Waals surface area contributed by atoms with Gasteiger partial charge in [-0.3, -0.25) is 0 Å². The molecule has 0 aliphatic carbocycles. The number of thiazole rings is 1. The molecule has 7 nitrogen and oxygen atoms in total. The standard InChI is InChI=1S/C13H11N3O4S3/c1-16-9-4-2-3-5-10(9)22-13(16)14-15-23(19,20)11-6-8(7-21-11)12(17)18/h2-7,15H,1H3,(H,17,18). The lowest BCUT2D eigenvalue weighted by Crippen LogP contribution is -2.22. The lowest BCUT2D eigenvalue weighted by atomic mass is 10.3. The van der Waals surface area contributed by atoms with Crippen molar-refractivity contribution < 1.29 is 18.3 Å². The fourth-order valence-corrected chi connectivity index (χ4v) is 4.89. The van der Waals surface area contributed by atoms with E-state index in [0.717, 1.165) is 27.6 Å². The summed E-state index contributed by atoms with van der Waals surface area (Å²) in [7, 11) is -2.10. The maximum absolute atomic E-state index is 12.2. The summed E-state index contributed by atoms with van der Waals surface area (Å²) in [4.78, 5) is 13.5. The molecule has 0 aliphatic rings. The van der Waals surface area contributed by atoms with Gasteiger partial charge in [-0.2, -0.15) is 13.2 Å². The van der Waals surface area contributed by atoms with Gasteiger partial charge in [-0.15, -0.1) is 16.4 Å². The number of aromatic nitrogens is 1. The van der Waals surface area contributed by atoms with Crippen LogP contribution in [0.4, 0.5) is 0 Å². The van der Waals surface area contributed by atoms with Gasteiger partial charge in [0.2, 0.25) is 4.80 Å². The second-order valence-electron chi connectivity index (χ2n) is 4.58. The van der Waals surface area contributed by atoms with Crippen molar-refractivity contribution in [3.63, 3.8) is 0 Å². The maximum atomic E-state index is 12.2. The van der Waals surface area contributed by atoms with Gasteiger partial charge in [-0.1, -0.05) is 23.5 Å². The number of sulfonamides is 1. The SMILES string of the molecule is Cn1c(=NNS(=O)(=O)c2cc(C(=O)O)cs2)sc2ccccc21. The van der Waals surface area contributed by atoms with E-state index in [-0.39, 0.29) is 9.77 Å². The highest BCUT2D eigenvalue weighted by molar-refractivity contribution is 7.91. The van der Waals surface area contributed by atoms with Gasteiger partial charge in [-0.25, -0.2) is 4.79 Å². The van der Waals surface area contributed by atoms with Crippen molar-refractivity contribution in [2.45, 2.75) is 4.21 Å². The minimum absolute atomic E-state index is 0.0669. The van der Waals surface area contributed by atoms with Crippen molar-refractivity contribution >= 4 is 48.9 Å². The Kier molecular flexibility index (Phi) is 3.96. The quantitative estimate of drug-likeness (QED) is 0.685. The number of para-hydroxylation sites is 1. The fourth-order valence-electron chi connectivity index (χ4n) is 1.90. The molecule has 0 amide bonds. The topological polar surface area (TPSA) is 101 Å². The highest BCUT2D eigenvalue weighted by Crippen LogP contribution is 2.20. The lowest BCUT2D eigenvalue weighted by Gasteiger charge is -1.99. The van der Waals surface area contributed by atoms with E-state index in [1.807, 2.05) is 24.3 Å². The summed E-state index contributed by atoms with van der Waals surface area (Å²) in [6.45, 7) is 0. The number of carbonyl (C=O) groups is 1. The van der Waals surface area contributed by atoms with Gasteiger partial charge in [0.15, 0.2) is 0 Å². The summed E-state index contributed by atoms with van der Waals surface area (Å²) in [5.41, 5.74) is 0.877. The lowest BCUT2D eigenvalue weighted by molar-refractivity contribution is 0.0697. The van der Waals surface area contributed by atoms with Crippen LogP contribution in [0, 0.1) is 0 Å². The van der Waals surface area contributed by atoms with Crippen molar-refractivity contribution in [3.8, 4) is 0 Å². The maximum Gasteiger partial charge on any atom is 0.336 e. The van der Waals surface area contributed by atoms with Crippen LogP contribution in [0.3, 0.4) is 0 Å². The van der Waals surface area contributed by atoms with E-state index in [1.165, 1.54) is 16.7 Å². The Morgan fingerprint density at radius 1 is 1.35 bits per heavy atom. The molecule has 3 rings (SSSR count). The number of carboxylic acids is 1. The van der Waals surface area contributed by atoms with Crippen molar-refractivity contribution in [2.75, 3.05) is 0 Å². The first-order valence-corrected chi connectivity index (χ1v) is 9.48. The third kappa shape index (κ3) is 3.00. The molecule has 0 bridgehead atoms. The van der Waals surface area contributed by atoms with Crippen LogP contribution in [0.15, 0.2) is 45.0 Å². The van der Waals surface area contributed by atoms with Crippen LogP contribution in [0.25, 0.3) is 10.2 Å². The molecular weight excluding hydrogens is 358 g/mol. The number of carboxylic acid groups (broad SMARTS) is 1. The summed E-state index contributed by atoms with van der Waals surface area (Å²) in [6.07, 6.45) is 0. The molecule has 2 heterocycles. The Morgan fingerprint density at radius 2 is 2.09 bits per heavy atom. The molecule has 1 aromatic carbocycles. The number of hydrogen-bond donors (Lipinski definition) is 2. The van der Waals surface area contributed by atoms with Crippen LogP contribution >= 0.6 is 22.7 Å². The van der Waals surface area contributed by atoms with Gasteiger partial charge in [0.05, 0.1) is 15.8 Å². The smallest absolute Gasteiger partial charge is 0.336 e. The first-order valence-electron chi connectivity index (χ1n) is 6.30. The molecule has 0 saturated heterocycles. The average molecular weight is 369 g/mol. The van der Waals surface area contributed by atoms with Gasteiger partial charge in [0, 0.05) is 12.4 Å². The van der Waals surface area contributed by atoms with E-state index in [4.69, 9.17) is 5.11 Å². The normalized spacial score (nSPS) is 12.7. The Labute approximate surface area is 139 Å². The Bertz CT molecular complexity index is 1060. The van der Waals surface area contributed by atoms with E-state index >= 15 is 0 Å². The van der Waals surface area contributed by atoms with E-state index < -0.39 is 16.0 Å². The van der Waals surface area contributed by atoms with Crippen LogP contribution in [0.5, 0.6) is 0 Å². The molecule has 0 saturated carbocycles. The predicted molar refractivity (Wildman–Crippen MR) is 88.0 cm³/mol. The van der Waals surface area contributed by atoms with Gasteiger partial charge in [0.25, 0.3) is 10.0 Å². The Hall–Kier alpha value is -2.17. The van der Waals surface area contributed by atoms with Crippen LogP contribution in [-0.4, -0.2) is 24.1 Å². The zero-order chi connectivity index (χ0) is 16.6. The average Bonchev–Trinajstić information content (AvgIpc) is 3.12. The number of fused-ring (bicyclic) bond motifs is 1. The fraction of sp³-hybridized carbons (Fsp3) is 0.0769. The molecule has 23 heavy (non-hydrogen) atoms. The van der Waals surface area contributed by atoms with E-state index in [0.29, 0.717) is 4.80 Å². The van der Waals surface area contributed by atoms with E-state index in [1.54, 1.807) is 11.6 Å². The van der Waals surface area contributed by atoms with E-state index in [2.05, 4.69) is 9.93 Å². The molecule has 0 spiro atoms. The number of rotatable bonds is 4. The minimum Gasteiger partial charge on any atom is -0.478 e. The summed E-state index contributed by atoms with van der Waals surface area (Å²) < 4.78 is 27.0. The number of aromatic carboxylic acids is 1. The highest BCUT2D eigenvalue weighted by Gasteiger charge is 2.18. The van der Waals surface area contributed by atoms with Crippen LogP contribution in [-0.2, 0) is 17.1 Å². The van der Waals surface area contributed by atoms with Gasteiger partial charge in [0.1, 0.15) is 4.21 Å². The molecule has 2 aromatic heterocycles. The second kappa shape index (κ2) is 5.80. The molecule has 10 heteroatoms. The second-order valence-corrected chi connectivity index (χ2v) is 8.39. The summed E-state index contributed by atoms with van der Waals surface area (Å²) in [5, 5.41) is 14.1. The Morgan fingerprint density at radius 3 is 2.74 bits per heavy atom. The number of nitrogens with one attached hydrogen (secondary N) is 1. The summed E-state index contributed by atoms with van der Waals surface area (Å²) in [6, 6.07) is 8.73. The first kappa shape index (κ1) is 15.7. The van der Waals surface area contributed by atoms with Crippen molar-refractivity contribution in [1.82, 2.24) is 9.40 Å². The van der Waals surface area contributed by atoms with Crippen LogP contribution < -0.4 is 9.63 Å². The number of thiophene rings is 1. The van der Waals surface area contributed by atoms with Crippen molar-refractivity contribution in [3.05, 3.63) is 46.1 Å². The molecule has 3 aromatic rings. The first-order chi connectivity index (χ1) is 10.9. The predicted octanol–water partition coefficient (Wildman–Crippen LogP) is 1.79. The van der Waals surface area contributed by atoms with E-state index in [9.17, 15) is 13.2 Å². The van der Waals surface area contributed by atoms with Crippen molar-refractivity contribution in [2.24, 2.45) is 12.1 Å². The highest BCUT2D eigenvalue weighted by atomic mass is 32.2. The zero-order valence-corrected chi connectivity index (χ0v) is 14.2. The number of nitrogens with zero attached hydrogens (tertiary/aromatic N) is 2. The third-order valence-corrected chi connectivity index (χ3v) is 6.82. The molecule has 0 fully saturated rings. The van der Waals surface area contributed by atoms with Crippen LogP contribution in [0.1, 0.15) is 10.4 Å². The summed E-state index contributed by atoms with van der Waals surface area (Å²) >= 11 is 2.18. The number of aryl methyl sites for hydroxylation is 1. The largest absolute Gasteiger partial charge is 0.478 e. The minimum atomic E-state index is -3.89.